The van der Waals surface area contributed by atoms with Crippen molar-refractivity contribution in [1.29, 1.82) is 0 Å². The summed E-state index contributed by atoms with van der Waals surface area (Å²) < 4.78 is 1.94. The Hall–Kier alpha value is -2.02. The van der Waals surface area contributed by atoms with E-state index in [1.54, 1.807) is 12.1 Å². The molecule has 2 aromatic carbocycles. The van der Waals surface area contributed by atoms with Gasteiger partial charge in [-0.3, -0.25) is 4.79 Å². The lowest BCUT2D eigenvalue weighted by atomic mass is 10.1. The van der Waals surface area contributed by atoms with Gasteiger partial charge in [-0.15, -0.1) is 10.2 Å². The first-order valence-corrected chi connectivity index (χ1v) is 10.5. The van der Waals surface area contributed by atoms with Gasteiger partial charge in [0.25, 0.3) is 0 Å². The molecule has 1 amide bonds. The lowest BCUT2D eigenvalue weighted by molar-refractivity contribution is -0.113. The van der Waals surface area contributed by atoms with Crippen LogP contribution in [0.25, 0.3) is 11.4 Å². The van der Waals surface area contributed by atoms with Crippen LogP contribution in [-0.4, -0.2) is 26.4 Å². The van der Waals surface area contributed by atoms with Gasteiger partial charge in [0.2, 0.25) is 5.91 Å². The van der Waals surface area contributed by atoms with Crippen molar-refractivity contribution in [2.75, 3.05) is 11.1 Å². The van der Waals surface area contributed by atoms with Gasteiger partial charge in [0, 0.05) is 22.8 Å². The highest BCUT2D eigenvalue weighted by molar-refractivity contribution is 7.99. The van der Waals surface area contributed by atoms with E-state index >= 15 is 0 Å². The number of hydrogen-bond acceptors (Lipinski definition) is 4. The Kier molecular flexibility index (Phi) is 6.65. The first-order chi connectivity index (χ1) is 13.4. The highest BCUT2D eigenvalue weighted by Gasteiger charge is 2.17. The van der Waals surface area contributed by atoms with Crippen LogP contribution in [0.15, 0.2) is 41.6 Å². The fourth-order valence-corrected chi connectivity index (χ4v) is 4.05. The van der Waals surface area contributed by atoms with Crippen LogP contribution in [-0.2, 0) is 11.3 Å². The maximum Gasteiger partial charge on any atom is 0.234 e. The van der Waals surface area contributed by atoms with Crippen LogP contribution < -0.4 is 5.32 Å². The molecule has 0 saturated heterocycles. The van der Waals surface area contributed by atoms with Crippen LogP contribution in [0.4, 0.5) is 5.69 Å². The topological polar surface area (TPSA) is 59.8 Å². The molecule has 0 atom stereocenters. The number of benzene rings is 2. The summed E-state index contributed by atoms with van der Waals surface area (Å²) in [6.07, 6.45) is 0. The van der Waals surface area contributed by atoms with Crippen LogP contribution in [0.2, 0.25) is 10.0 Å². The standard InChI is InChI=1S/C20H20Cl2N4OS/c1-4-26-19(15-9-8-14(21)10-16(15)22)24-25-20(26)28-11-18(27)23-17-7-5-6-12(2)13(17)3/h5-10H,4,11H2,1-3H3,(H,23,27). The molecule has 28 heavy (non-hydrogen) atoms. The smallest absolute Gasteiger partial charge is 0.234 e. The van der Waals surface area contributed by atoms with Gasteiger partial charge in [-0.25, -0.2) is 0 Å². The third-order valence-electron chi connectivity index (χ3n) is 4.42. The molecule has 1 aromatic heterocycles. The highest BCUT2D eigenvalue weighted by atomic mass is 35.5. The highest BCUT2D eigenvalue weighted by Crippen LogP contribution is 2.31. The zero-order chi connectivity index (χ0) is 20.3. The molecule has 0 unspecified atom stereocenters. The normalized spacial score (nSPS) is 10.9. The number of aryl methyl sites for hydroxylation is 1. The number of carbonyl (C=O) groups is 1. The monoisotopic (exact) mass is 434 g/mol. The first kappa shape index (κ1) is 20.7. The molecular weight excluding hydrogens is 415 g/mol. The molecule has 0 saturated carbocycles. The zero-order valence-corrected chi connectivity index (χ0v) is 18.1. The molecule has 0 spiro atoms. The summed E-state index contributed by atoms with van der Waals surface area (Å²) in [5, 5.41) is 13.2. The number of amides is 1. The number of rotatable bonds is 6. The van der Waals surface area contributed by atoms with Gasteiger partial charge < -0.3 is 9.88 Å². The van der Waals surface area contributed by atoms with Crippen molar-refractivity contribution in [2.45, 2.75) is 32.5 Å². The van der Waals surface area contributed by atoms with Crippen LogP contribution >= 0.6 is 35.0 Å². The van der Waals surface area contributed by atoms with E-state index in [4.69, 9.17) is 23.2 Å². The van der Waals surface area contributed by atoms with Crippen molar-refractivity contribution in [3.05, 3.63) is 57.6 Å². The molecule has 0 aliphatic heterocycles. The summed E-state index contributed by atoms with van der Waals surface area (Å²) >= 11 is 13.6. The minimum Gasteiger partial charge on any atom is -0.325 e. The number of carbonyl (C=O) groups excluding carboxylic acids is 1. The lowest BCUT2D eigenvalue weighted by Gasteiger charge is -2.11. The predicted molar refractivity (Wildman–Crippen MR) is 116 cm³/mol. The van der Waals surface area contributed by atoms with E-state index in [-0.39, 0.29) is 11.7 Å². The number of hydrogen-bond donors (Lipinski definition) is 1. The Labute approximate surface area is 178 Å². The van der Waals surface area contributed by atoms with Crippen molar-refractivity contribution in [3.8, 4) is 11.4 Å². The van der Waals surface area contributed by atoms with E-state index in [0.717, 1.165) is 22.4 Å². The van der Waals surface area contributed by atoms with Crippen molar-refractivity contribution in [3.63, 3.8) is 0 Å². The molecule has 0 fully saturated rings. The molecule has 1 heterocycles. The number of nitrogens with zero attached hydrogens (tertiary/aromatic N) is 3. The van der Waals surface area contributed by atoms with Crippen LogP contribution in [0.3, 0.4) is 0 Å². The van der Waals surface area contributed by atoms with Crippen molar-refractivity contribution in [2.24, 2.45) is 0 Å². The summed E-state index contributed by atoms with van der Waals surface area (Å²) in [5.74, 6) is 0.803. The number of anilines is 1. The number of nitrogens with one attached hydrogen (secondary N) is 1. The summed E-state index contributed by atoms with van der Waals surface area (Å²) in [7, 11) is 0. The number of aromatic nitrogens is 3. The fourth-order valence-electron chi connectivity index (χ4n) is 2.75. The van der Waals surface area contributed by atoms with Crippen LogP contribution in [0.5, 0.6) is 0 Å². The van der Waals surface area contributed by atoms with Crippen LogP contribution in [0.1, 0.15) is 18.1 Å². The van der Waals surface area contributed by atoms with E-state index in [0.29, 0.717) is 27.6 Å². The molecule has 1 N–H and O–H groups in total. The number of thioether (sulfide) groups is 1. The molecule has 146 valence electrons. The van der Waals surface area contributed by atoms with Crippen molar-refractivity contribution >= 4 is 46.6 Å². The van der Waals surface area contributed by atoms with Gasteiger partial charge in [0.1, 0.15) is 0 Å². The van der Waals surface area contributed by atoms with Gasteiger partial charge in [-0.1, -0.05) is 47.1 Å². The van der Waals surface area contributed by atoms with E-state index < -0.39 is 0 Å². The Bertz CT molecular complexity index is 1020. The molecule has 3 rings (SSSR count). The lowest BCUT2D eigenvalue weighted by Crippen LogP contribution is -2.15. The summed E-state index contributed by atoms with van der Waals surface area (Å²) in [6.45, 7) is 6.67. The minimum atomic E-state index is -0.0876. The van der Waals surface area contributed by atoms with E-state index in [1.165, 1.54) is 11.8 Å². The van der Waals surface area contributed by atoms with Gasteiger partial charge >= 0.3 is 0 Å². The van der Waals surface area contributed by atoms with Gasteiger partial charge in [0.05, 0.1) is 10.8 Å². The van der Waals surface area contributed by atoms with Gasteiger partial charge in [0.15, 0.2) is 11.0 Å². The fraction of sp³-hybridized carbons (Fsp3) is 0.250. The number of halogens is 2. The Morgan fingerprint density at radius 2 is 1.96 bits per heavy atom. The molecule has 8 heteroatoms. The Balaban J connectivity index is 1.74. The second-order valence-electron chi connectivity index (χ2n) is 6.26. The average Bonchev–Trinajstić information content (AvgIpc) is 3.06. The average molecular weight is 435 g/mol. The predicted octanol–water partition coefficient (Wildman–Crippen LogP) is 5.62. The Morgan fingerprint density at radius 1 is 1.18 bits per heavy atom. The van der Waals surface area contributed by atoms with Crippen molar-refractivity contribution in [1.82, 2.24) is 14.8 Å². The molecule has 0 radical (unpaired) electrons. The molecule has 0 bridgehead atoms. The van der Waals surface area contributed by atoms with E-state index in [9.17, 15) is 4.79 Å². The van der Waals surface area contributed by atoms with E-state index in [1.807, 2.05) is 49.6 Å². The second-order valence-corrected chi connectivity index (χ2v) is 8.05. The minimum absolute atomic E-state index is 0.0876. The first-order valence-electron chi connectivity index (χ1n) is 8.78. The van der Waals surface area contributed by atoms with Crippen LogP contribution in [0, 0.1) is 13.8 Å². The second kappa shape index (κ2) is 8.99. The maximum absolute atomic E-state index is 12.4. The summed E-state index contributed by atoms with van der Waals surface area (Å²) in [5.41, 5.74) is 3.79. The Morgan fingerprint density at radius 3 is 2.68 bits per heavy atom. The maximum atomic E-state index is 12.4. The largest absolute Gasteiger partial charge is 0.325 e. The third-order valence-corrected chi connectivity index (χ3v) is 5.93. The third kappa shape index (κ3) is 4.51. The van der Waals surface area contributed by atoms with Gasteiger partial charge in [-0.2, -0.15) is 0 Å². The molecule has 0 aliphatic rings. The summed E-state index contributed by atoms with van der Waals surface area (Å²) in [4.78, 5) is 12.4. The molecular formula is C20H20Cl2N4OS. The SMILES string of the molecule is CCn1c(SCC(=O)Nc2cccc(C)c2C)nnc1-c1ccc(Cl)cc1Cl. The summed E-state index contributed by atoms with van der Waals surface area (Å²) in [6, 6.07) is 11.1. The van der Waals surface area contributed by atoms with Gasteiger partial charge in [-0.05, 0) is 56.2 Å². The molecule has 5 nitrogen and oxygen atoms in total. The van der Waals surface area contributed by atoms with E-state index in [2.05, 4.69) is 15.5 Å². The molecule has 0 aliphatic carbocycles. The zero-order valence-electron chi connectivity index (χ0n) is 15.8. The quantitative estimate of drug-likeness (QED) is 0.511. The van der Waals surface area contributed by atoms with Crippen molar-refractivity contribution < 1.29 is 4.79 Å². The molecule has 3 aromatic rings.